The summed E-state index contributed by atoms with van der Waals surface area (Å²) in [5.41, 5.74) is 5.25. The van der Waals surface area contributed by atoms with E-state index in [1.165, 1.54) is 36.8 Å². The molecule has 2 aromatic carbocycles. The second kappa shape index (κ2) is 8.67. The van der Waals surface area contributed by atoms with Crippen LogP contribution < -0.4 is 0 Å². The number of aliphatic hydroxyl groups excluding tert-OH is 1. The third-order valence-electron chi connectivity index (χ3n) is 10.7. The zero-order chi connectivity index (χ0) is 25.2. The number of fused-ring (bicyclic) bond motifs is 1. The fraction of sp³-hybridized carbons (Fsp3) is 0.548. The molecule has 0 radical (unpaired) electrons. The molecule has 2 saturated heterocycles. The van der Waals surface area contributed by atoms with Crippen molar-refractivity contribution in [3.63, 3.8) is 0 Å². The fourth-order valence-corrected chi connectivity index (χ4v) is 8.55. The fourth-order valence-electron chi connectivity index (χ4n) is 8.55. The van der Waals surface area contributed by atoms with Crippen molar-refractivity contribution in [2.45, 2.75) is 81.5 Å². The summed E-state index contributed by atoms with van der Waals surface area (Å²) in [6.45, 7) is 5.01. The van der Waals surface area contributed by atoms with Crippen LogP contribution in [0.1, 0.15) is 67.9 Å². The predicted molar refractivity (Wildman–Crippen MR) is 144 cm³/mol. The lowest BCUT2D eigenvalue weighted by molar-refractivity contribution is -0.119. The number of aliphatic hydroxyl groups is 1. The first-order valence-corrected chi connectivity index (χ1v) is 14.2. The summed E-state index contributed by atoms with van der Waals surface area (Å²) < 4.78 is 2.53. The molecule has 6 heteroatoms. The van der Waals surface area contributed by atoms with E-state index in [4.69, 9.17) is 4.98 Å². The van der Waals surface area contributed by atoms with Crippen LogP contribution in [0.5, 0.6) is 0 Å². The van der Waals surface area contributed by atoms with Gasteiger partial charge in [-0.05, 0) is 93.0 Å². The number of nitrogens with zero attached hydrogens (tertiary/aromatic N) is 4. The number of amides is 1. The summed E-state index contributed by atoms with van der Waals surface area (Å²) in [5.74, 6) is 1.94. The van der Waals surface area contributed by atoms with E-state index in [1.807, 2.05) is 11.0 Å². The van der Waals surface area contributed by atoms with E-state index in [0.717, 1.165) is 68.1 Å². The Morgan fingerprint density at radius 1 is 1.08 bits per heavy atom. The maximum atomic E-state index is 11.5. The molecule has 5 atom stereocenters. The molecule has 1 spiro atoms. The van der Waals surface area contributed by atoms with E-state index in [1.54, 1.807) is 0 Å². The summed E-state index contributed by atoms with van der Waals surface area (Å²) in [4.78, 5) is 21.1. The van der Waals surface area contributed by atoms with Gasteiger partial charge in [0.05, 0.1) is 17.6 Å². The molecule has 4 fully saturated rings. The first kappa shape index (κ1) is 23.4. The average Bonchev–Trinajstić information content (AvgIpc) is 3.48. The van der Waals surface area contributed by atoms with Crippen LogP contribution in [0.4, 0.5) is 0 Å². The van der Waals surface area contributed by atoms with Gasteiger partial charge in [0.2, 0.25) is 6.41 Å². The molecule has 194 valence electrons. The number of imidazole rings is 1. The van der Waals surface area contributed by atoms with Gasteiger partial charge in [-0.25, -0.2) is 4.98 Å². The number of aromatic nitrogens is 2. The Kier molecular flexibility index (Phi) is 5.49. The summed E-state index contributed by atoms with van der Waals surface area (Å²) >= 11 is 0. The summed E-state index contributed by atoms with van der Waals surface area (Å²) in [6.07, 6.45) is 9.33. The van der Waals surface area contributed by atoms with Gasteiger partial charge in [-0.15, -0.1) is 0 Å². The van der Waals surface area contributed by atoms with E-state index in [9.17, 15) is 9.90 Å². The van der Waals surface area contributed by atoms with Gasteiger partial charge in [0.25, 0.3) is 0 Å². The third-order valence-corrected chi connectivity index (χ3v) is 10.7. The highest BCUT2D eigenvalue weighted by atomic mass is 16.3. The standard InChI is InChI=1S/C31H38N4O2/c1-22-32-27-7-2-3-8-28(27)35(22)26-18-25-9-10-31(25)29(19-26)34(31)16-13-30(11-14-33(21-37)15-12-30)24-6-4-5-23(17-24)20-36/h2-8,17,21,25-26,29,36H,9-16,18-20H2,1H3/t25-,26+,29?,31?,34?/m0/s1. The van der Waals surface area contributed by atoms with Gasteiger partial charge in [0, 0.05) is 30.7 Å². The van der Waals surface area contributed by atoms with Crippen molar-refractivity contribution in [2.75, 3.05) is 19.6 Å². The number of para-hydroxylation sites is 2. The molecule has 2 saturated carbocycles. The molecule has 3 heterocycles. The first-order chi connectivity index (χ1) is 18.1. The second-order valence-electron chi connectivity index (χ2n) is 12.1. The minimum atomic E-state index is 0.0723. The first-order valence-electron chi connectivity index (χ1n) is 14.2. The van der Waals surface area contributed by atoms with E-state index in [0.29, 0.717) is 17.6 Å². The normalized spacial score (nSPS) is 31.9. The maximum Gasteiger partial charge on any atom is 0.209 e. The van der Waals surface area contributed by atoms with Crippen molar-refractivity contribution < 1.29 is 9.90 Å². The van der Waals surface area contributed by atoms with Crippen LogP contribution in [-0.4, -0.2) is 62.1 Å². The second-order valence-corrected chi connectivity index (χ2v) is 12.1. The maximum absolute atomic E-state index is 11.5. The molecule has 6 nitrogen and oxygen atoms in total. The van der Waals surface area contributed by atoms with Crippen LogP contribution in [0.25, 0.3) is 11.0 Å². The van der Waals surface area contributed by atoms with Crippen molar-refractivity contribution in [1.29, 1.82) is 0 Å². The molecule has 3 aromatic rings. The molecule has 1 amide bonds. The Labute approximate surface area is 219 Å². The number of carbonyl (C=O) groups is 1. The average molecular weight is 499 g/mol. The quantitative estimate of drug-likeness (QED) is 0.383. The monoisotopic (exact) mass is 498 g/mol. The minimum absolute atomic E-state index is 0.0723. The minimum Gasteiger partial charge on any atom is -0.392 e. The smallest absolute Gasteiger partial charge is 0.209 e. The summed E-state index contributed by atoms with van der Waals surface area (Å²) in [7, 11) is 0. The van der Waals surface area contributed by atoms with Crippen LogP contribution in [0, 0.1) is 12.8 Å². The molecular weight excluding hydrogens is 460 g/mol. The Balaban J connectivity index is 1.12. The third kappa shape index (κ3) is 3.52. The highest BCUT2D eigenvalue weighted by molar-refractivity contribution is 5.76. The van der Waals surface area contributed by atoms with Crippen molar-refractivity contribution >= 4 is 17.4 Å². The van der Waals surface area contributed by atoms with Gasteiger partial charge in [-0.2, -0.15) is 0 Å². The molecule has 1 N–H and O–H groups in total. The van der Waals surface area contributed by atoms with Crippen molar-refractivity contribution in [3.8, 4) is 0 Å². The lowest BCUT2D eigenvalue weighted by Crippen LogP contribution is -2.45. The topological polar surface area (TPSA) is 61.4 Å². The van der Waals surface area contributed by atoms with Crippen LogP contribution in [0.15, 0.2) is 48.5 Å². The largest absolute Gasteiger partial charge is 0.392 e. The van der Waals surface area contributed by atoms with E-state index >= 15 is 0 Å². The number of rotatable bonds is 7. The van der Waals surface area contributed by atoms with Gasteiger partial charge in [-0.1, -0.05) is 36.4 Å². The number of carbonyl (C=O) groups excluding carboxylic acids is 1. The lowest BCUT2D eigenvalue weighted by atomic mass is 9.63. The Morgan fingerprint density at radius 2 is 1.92 bits per heavy atom. The number of piperidine rings is 1. The molecule has 0 bridgehead atoms. The van der Waals surface area contributed by atoms with Crippen LogP contribution >= 0.6 is 0 Å². The van der Waals surface area contributed by atoms with Crippen LogP contribution in [0.3, 0.4) is 0 Å². The van der Waals surface area contributed by atoms with Crippen molar-refractivity contribution in [1.82, 2.24) is 19.4 Å². The van der Waals surface area contributed by atoms with Gasteiger partial charge < -0.3 is 14.6 Å². The van der Waals surface area contributed by atoms with Crippen molar-refractivity contribution in [2.24, 2.45) is 5.92 Å². The lowest BCUT2D eigenvalue weighted by Gasteiger charge is -2.44. The predicted octanol–water partition coefficient (Wildman–Crippen LogP) is 4.59. The molecule has 3 unspecified atom stereocenters. The molecule has 2 aliphatic carbocycles. The van der Waals surface area contributed by atoms with Gasteiger partial charge in [-0.3, -0.25) is 9.69 Å². The zero-order valence-electron chi connectivity index (χ0n) is 21.9. The number of hydrogen-bond acceptors (Lipinski definition) is 4. The van der Waals surface area contributed by atoms with E-state index in [2.05, 4.69) is 58.9 Å². The molecule has 2 aliphatic heterocycles. The van der Waals surface area contributed by atoms with Crippen LogP contribution in [-0.2, 0) is 16.8 Å². The summed E-state index contributed by atoms with van der Waals surface area (Å²) in [6, 6.07) is 18.4. The molecule has 4 aliphatic rings. The zero-order valence-corrected chi connectivity index (χ0v) is 21.9. The van der Waals surface area contributed by atoms with Gasteiger partial charge >= 0.3 is 0 Å². The Bertz CT molecular complexity index is 1330. The summed E-state index contributed by atoms with van der Waals surface area (Å²) in [5, 5.41) is 9.78. The molecular formula is C31H38N4O2. The molecule has 7 rings (SSSR count). The molecule has 1 aromatic heterocycles. The Hall–Kier alpha value is -2.70. The molecule has 37 heavy (non-hydrogen) atoms. The number of hydrogen-bond donors (Lipinski definition) is 1. The van der Waals surface area contributed by atoms with E-state index in [-0.39, 0.29) is 12.0 Å². The van der Waals surface area contributed by atoms with Gasteiger partial charge in [0.15, 0.2) is 0 Å². The van der Waals surface area contributed by atoms with E-state index < -0.39 is 0 Å². The SMILES string of the molecule is Cc1nc2ccccc2n1[C@H]1CC2N(CCC3(c4cccc(CO)c4)CCN(C=O)CC3)C23CC[C@H]3C1. The number of benzene rings is 2. The highest BCUT2D eigenvalue weighted by Gasteiger charge is 2.72. The number of aryl methyl sites for hydroxylation is 1. The van der Waals surface area contributed by atoms with Crippen LogP contribution in [0.2, 0.25) is 0 Å². The Morgan fingerprint density at radius 3 is 2.68 bits per heavy atom. The van der Waals surface area contributed by atoms with Crippen molar-refractivity contribution in [3.05, 3.63) is 65.5 Å². The highest BCUT2D eigenvalue weighted by Crippen LogP contribution is 2.66. The number of likely N-dealkylation sites (tertiary alicyclic amines) is 2. The van der Waals surface area contributed by atoms with Gasteiger partial charge in [0.1, 0.15) is 5.82 Å².